The molecule has 3 N–H and O–H groups in total. The monoisotopic (exact) mass is 183 g/mol. The fourth-order valence-electron chi connectivity index (χ4n) is 1.05. The van der Waals surface area contributed by atoms with Crippen molar-refractivity contribution in [2.24, 2.45) is 12.8 Å². The van der Waals surface area contributed by atoms with E-state index in [1.165, 1.54) is 0 Å². The summed E-state index contributed by atoms with van der Waals surface area (Å²) in [6.45, 7) is 1.82. The van der Waals surface area contributed by atoms with Crippen LogP contribution in [0, 0.1) is 0 Å². The van der Waals surface area contributed by atoms with Crippen LogP contribution in [0.15, 0.2) is 6.33 Å². The van der Waals surface area contributed by atoms with E-state index in [1.807, 2.05) is 14.0 Å². The predicted octanol–water partition coefficient (Wildman–Crippen LogP) is -1.05. The molecule has 1 atom stereocenters. The molecule has 1 rings (SSSR count). The van der Waals surface area contributed by atoms with Crippen LogP contribution in [-0.4, -0.2) is 27.2 Å². The van der Waals surface area contributed by atoms with Crippen molar-refractivity contribution in [1.29, 1.82) is 0 Å². The molecule has 1 amide bonds. The van der Waals surface area contributed by atoms with E-state index in [-0.39, 0.29) is 18.5 Å². The molecule has 0 aromatic carbocycles. The molecule has 1 aromatic heterocycles. The van der Waals surface area contributed by atoms with Crippen molar-refractivity contribution in [3.63, 3.8) is 0 Å². The van der Waals surface area contributed by atoms with Crippen molar-refractivity contribution in [3.8, 4) is 0 Å². The van der Waals surface area contributed by atoms with Crippen LogP contribution in [-0.2, 0) is 11.8 Å². The van der Waals surface area contributed by atoms with Crippen molar-refractivity contribution in [2.75, 3.05) is 6.54 Å². The fourth-order valence-corrected chi connectivity index (χ4v) is 1.05. The van der Waals surface area contributed by atoms with Crippen LogP contribution in [0.1, 0.15) is 18.8 Å². The lowest BCUT2D eigenvalue weighted by Crippen LogP contribution is -2.33. The molecular formula is C7H13N5O. The Morgan fingerprint density at radius 1 is 1.85 bits per heavy atom. The normalized spacial score (nSPS) is 12.5. The van der Waals surface area contributed by atoms with Gasteiger partial charge in [0.15, 0.2) is 5.82 Å². The van der Waals surface area contributed by atoms with Gasteiger partial charge in [0.2, 0.25) is 5.91 Å². The van der Waals surface area contributed by atoms with Crippen LogP contribution >= 0.6 is 0 Å². The molecule has 0 aliphatic rings. The Morgan fingerprint density at radius 2 is 2.54 bits per heavy atom. The molecule has 0 aliphatic heterocycles. The first-order chi connectivity index (χ1) is 6.15. The third kappa shape index (κ3) is 2.25. The zero-order valence-corrected chi connectivity index (χ0v) is 7.69. The summed E-state index contributed by atoms with van der Waals surface area (Å²) in [6.07, 6.45) is 1.58. The van der Waals surface area contributed by atoms with E-state index in [1.54, 1.807) is 10.9 Å². The van der Waals surface area contributed by atoms with E-state index in [0.717, 1.165) is 0 Å². The van der Waals surface area contributed by atoms with Gasteiger partial charge in [-0.25, -0.2) is 0 Å². The minimum atomic E-state index is -0.199. The van der Waals surface area contributed by atoms with Gasteiger partial charge in [-0.3, -0.25) is 4.79 Å². The molecular weight excluding hydrogens is 170 g/mol. The van der Waals surface area contributed by atoms with Gasteiger partial charge >= 0.3 is 0 Å². The van der Waals surface area contributed by atoms with E-state index >= 15 is 0 Å². The highest BCUT2D eigenvalue weighted by Crippen LogP contribution is 2.05. The number of aryl methyl sites for hydroxylation is 1. The van der Waals surface area contributed by atoms with Crippen molar-refractivity contribution in [2.45, 2.75) is 13.0 Å². The molecule has 0 bridgehead atoms. The van der Waals surface area contributed by atoms with E-state index in [0.29, 0.717) is 5.82 Å². The molecule has 0 fully saturated rings. The predicted molar refractivity (Wildman–Crippen MR) is 46.6 cm³/mol. The van der Waals surface area contributed by atoms with Crippen molar-refractivity contribution >= 4 is 5.91 Å². The van der Waals surface area contributed by atoms with Crippen LogP contribution in [0.3, 0.4) is 0 Å². The average molecular weight is 183 g/mol. The number of nitrogens with zero attached hydrogens (tertiary/aromatic N) is 3. The number of hydrogen-bond donors (Lipinski definition) is 2. The molecule has 72 valence electrons. The Balaban J connectivity index is 2.63. The number of carbonyl (C=O) groups excluding carboxylic acids is 1. The first kappa shape index (κ1) is 9.66. The largest absolute Gasteiger partial charge is 0.345 e. The van der Waals surface area contributed by atoms with Crippen molar-refractivity contribution in [3.05, 3.63) is 12.2 Å². The minimum Gasteiger partial charge on any atom is -0.345 e. The summed E-state index contributed by atoms with van der Waals surface area (Å²) in [5.41, 5.74) is 5.16. The van der Waals surface area contributed by atoms with E-state index < -0.39 is 0 Å². The van der Waals surface area contributed by atoms with E-state index in [4.69, 9.17) is 5.73 Å². The maximum Gasteiger partial charge on any atom is 0.234 e. The maximum absolute atomic E-state index is 10.9. The standard InChI is InChI=1S/C7H13N5O/c1-5(10-6(13)3-8)7-11-9-4-12(7)2/h4-5H,3,8H2,1-2H3,(H,10,13). The molecule has 0 aliphatic carbocycles. The zero-order chi connectivity index (χ0) is 9.84. The van der Waals surface area contributed by atoms with Gasteiger partial charge in [0.1, 0.15) is 6.33 Å². The highest BCUT2D eigenvalue weighted by molar-refractivity contribution is 5.78. The second-order valence-corrected chi connectivity index (χ2v) is 2.79. The topological polar surface area (TPSA) is 85.8 Å². The molecule has 6 nitrogen and oxygen atoms in total. The van der Waals surface area contributed by atoms with Gasteiger partial charge in [0.25, 0.3) is 0 Å². The second kappa shape index (κ2) is 3.99. The lowest BCUT2D eigenvalue weighted by atomic mass is 10.3. The Morgan fingerprint density at radius 3 is 3.00 bits per heavy atom. The molecule has 6 heteroatoms. The lowest BCUT2D eigenvalue weighted by Gasteiger charge is -2.11. The lowest BCUT2D eigenvalue weighted by molar-refractivity contribution is -0.120. The van der Waals surface area contributed by atoms with Crippen molar-refractivity contribution in [1.82, 2.24) is 20.1 Å². The maximum atomic E-state index is 10.9. The first-order valence-corrected chi connectivity index (χ1v) is 3.98. The Labute approximate surface area is 76.1 Å². The van der Waals surface area contributed by atoms with Crippen LogP contribution in [0.25, 0.3) is 0 Å². The van der Waals surface area contributed by atoms with Gasteiger partial charge in [-0.2, -0.15) is 0 Å². The highest BCUT2D eigenvalue weighted by Gasteiger charge is 2.12. The third-order valence-electron chi connectivity index (χ3n) is 1.70. The average Bonchev–Trinajstić information content (AvgIpc) is 2.51. The smallest absolute Gasteiger partial charge is 0.234 e. The summed E-state index contributed by atoms with van der Waals surface area (Å²) < 4.78 is 1.75. The van der Waals surface area contributed by atoms with E-state index in [2.05, 4.69) is 15.5 Å². The Hall–Kier alpha value is -1.43. The Bertz CT molecular complexity index is 295. The summed E-state index contributed by atoms with van der Waals surface area (Å²) >= 11 is 0. The number of aromatic nitrogens is 3. The van der Waals surface area contributed by atoms with Crippen LogP contribution in [0.4, 0.5) is 0 Å². The summed E-state index contributed by atoms with van der Waals surface area (Å²) in [5, 5.41) is 10.3. The minimum absolute atomic E-state index is 0.0117. The van der Waals surface area contributed by atoms with Gasteiger partial charge in [-0.15, -0.1) is 10.2 Å². The van der Waals surface area contributed by atoms with Crippen LogP contribution in [0.5, 0.6) is 0 Å². The van der Waals surface area contributed by atoms with Gasteiger partial charge in [-0.05, 0) is 6.92 Å². The third-order valence-corrected chi connectivity index (χ3v) is 1.70. The molecule has 1 unspecified atom stereocenters. The fraction of sp³-hybridized carbons (Fsp3) is 0.571. The molecule has 0 radical (unpaired) electrons. The number of amides is 1. The SMILES string of the molecule is CC(NC(=O)CN)c1nncn1C. The second-order valence-electron chi connectivity index (χ2n) is 2.79. The van der Waals surface area contributed by atoms with Crippen molar-refractivity contribution < 1.29 is 4.79 Å². The molecule has 13 heavy (non-hydrogen) atoms. The van der Waals surface area contributed by atoms with Gasteiger partial charge < -0.3 is 15.6 Å². The first-order valence-electron chi connectivity index (χ1n) is 3.98. The number of nitrogens with two attached hydrogens (primary N) is 1. The van der Waals surface area contributed by atoms with Crippen LogP contribution < -0.4 is 11.1 Å². The Kier molecular flexibility index (Phi) is 2.97. The molecule has 0 spiro atoms. The number of hydrogen-bond acceptors (Lipinski definition) is 4. The van der Waals surface area contributed by atoms with Gasteiger partial charge in [0.05, 0.1) is 12.6 Å². The molecule has 1 heterocycles. The zero-order valence-electron chi connectivity index (χ0n) is 7.69. The summed E-state index contributed by atoms with van der Waals surface area (Å²) in [6, 6.07) is -0.163. The number of carbonyl (C=O) groups is 1. The quantitative estimate of drug-likeness (QED) is 0.626. The van der Waals surface area contributed by atoms with E-state index in [9.17, 15) is 4.79 Å². The number of nitrogens with one attached hydrogen (secondary N) is 1. The summed E-state index contributed by atoms with van der Waals surface area (Å²) in [7, 11) is 1.82. The van der Waals surface area contributed by atoms with Gasteiger partial charge in [-0.1, -0.05) is 0 Å². The molecule has 0 saturated carbocycles. The number of rotatable bonds is 3. The van der Waals surface area contributed by atoms with Crippen LogP contribution in [0.2, 0.25) is 0 Å². The summed E-state index contributed by atoms with van der Waals surface area (Å²) in [5.74, 6) is 0.511. The highest BCUT2D eigenvalue weighted by atomic mass is 16.1. The molecule has 1 aromatic rings. The van der Waals surface area contributed by atoms with Gasteiger partial charge in [0, 0.05) is 7.05 Å². The molecule has 0 saturated heterocycles. The summed E-state index contributed by atoms with van der Waals surface area (Å²) in [4.78, 5) is 10.9.